The zero-order valence-electron chi connectivity index (χ0n) is 9.41. The molecule has 1 saturated heterocycles. The van der Waals surface area contributed by atoms with Crippen molar-refractivity contribution >= 4 is 5.91 Å². The highest BCUT2D eigenvalue weighted by atomic mass is 16.3. The number of carbonyl (C=O) groups is 1. The second-order valence-electron chi connectivity index (χ2n) is 3.72. The van der Waals surface area contributed by atoms with Crippen LogP contribution >= 0.6 is 0 Å². The van der Waals surface area contributed by atoms with Gasteiger partial charge in [0.05, 0.1) is 13.2 Å². The topological polar surface area (TPSA) is 55.8 Å². The van der Waals surface area contributed by atoms with Crippen molar-refractivity contribution in [2.24, 2.45) is 0 Å². The van der Waals surface area contributed by atoms with Gasteiger partial charge in [0, 0.05) is 39.3 Å². The van der Waals surface area contributed by atoms with E-state index in [0.717, 1.165) is 26.2 Å². The van der Waals surface area contributed by atoms with E-state index in [9.17, 15) is 4.79 Å². The molecule has 0 radical (unpaired) electrons. The molecule has 0 aromatic carbocycles. The number of likely N-dealkylation sites (N-methyl/N-ethyl adjacent to an activating group) is 1. The molecule has 0 saturated carbocycles. The van der Waals surface area contributed by atoms with E-state index in [0.29, 0.717) is 19.6 Å². The first kappa shape index (κ1) is 12.4. The molecule has 2 N–H and O–H groups in total. The highest BCUT2D eigenvalue weighted by Gasteiger charge is 2.17. The molecule has 0 unspecified atom stereocenters. The molecule has 0 spiro atoms. The standard InChI is InChI=1S/C10H21N3O2/c1-2-13(7-8-14)10(15)9-12-5-3-11-4-6-12/h11,14H,2-9H2,1H3. The third kappa shape index (κ3) is 4.15. The Bertz CT molecular complexity index is 193. The van der Waals surface area contributed by atoms with Crippen molar-refractivity contribution in [2.45, 2.75) is 6.92 Å². The smallest absolute Gasteiger partial charge is 0.236 e. The summed E-state index contributed by atoms with van der Waals surface area (Å²) >= 11 is 0. The van der Waals surface area contributed by atoms with Crippen molar-refractivity contribution in [3.8, 4) is 0 Å². The Balaban J connectivity index is 2.31. The summed E-state index contributed by atoms with van der Waals surface area (Å²) in [5.74, 6) is 0.119. The van der Waals surface area contributed by atoms with E-state index in [2.05, 4.69) is 10.2 Å². The summed E-state index contributed by atoms with van der Waals surface area (Å²) in [6, 6.07) is 0. The lowest BCUT2D eigenvalue weighted by atomic mass is 10.3. The Labute approximate surface area is 91.0 Å². The van der Waals surface area contributed by atoms with Crippen LogP contribution in [0.5, 0.6) is 0 Å². The molecule has 0 bridgehead atoms. The second kappa shape index (κ2) is 6.76. The highest BCUT2D eigenvalue weighted by Crippen LogP contribution is 1.96. The molecule has 0 aliphatic carbocycles. The zero-order chi connectivity index (χ0) is 11.1. The van der Waals surface area contributed by atoms with E-state index >= 15 is 0 Å². The minimum Gasteiger partial charge on any atom is -0.395 e. The van der Waals surface area contributed by atoms with E-state index in [1.807, 2.05) is 6.92 Å². The summed E-state index contributed by atoms with van der Waals surface area (Å²) in [7, 11) is 0. The highest BCUT2D eigenvalue weighted by molar-refractivity contribution is 5.78. The van der Waals surface area contributed by atoms with Gasteiger partial charge in [0.2, 0.25) is 5.91 Å². The van der Waals surface area contributed by atoms with Crippen LogP contribution < -0.4 is 5.32 Å². The van der Waals surface area contributed by atoms with Gasteiger partial charge < -0.3 is 15.3 Å². The van der Waals surface area contributed by atoms with Crippen LogP contribution in [0.1, 0.15) is 6.92 Å². The molecule has 1 aliphatic rings. The first-order valence-corrected chi connectivity index (χ1v) is 5.59. The Hall–Kier alpha value is -0.650. The number of aliphatic hydroxyl groups excluding tert-OH is 1. The molecule has 1 aliphatic heterocycles. The fourth-order valence-corrected chi connectivity index (χ4v) is 1.74. The molecular weight excluding hydrogens is 194 g/mol. The Morgan fingerprint density at radius 2 is 2.13 bits per heavy atom. The maximum Gasteiger partial charge on any atom is 0.236 e. The first-order chi connectivity index (χ1) is 7.27. The summed E-state index contributed by atoms with van der Waals surface area (Å²) in [6.45, 7) is 7.36. The van der Waals surface area contributed by atoms with Crippen LogP contribution in [0.25, 0.3) is 0 Å². The lowest BCUT2D eigenvalue weighted by Crippen LogP contribution is -2.48. The second-order valence-corrected chi connectivity index (χ2v) is 3.72. The number of nitrogens with zero attached hydrogens (tertiary/aromatic N) is 2. The van der Waals surface area contributed by atoms with Gasteiger partial charge in [-0.25, -0.2) is 0 Å². The van der Waals surface area contributed by atoms with Crippen LogP contribution in [-0.4, -0.2) is 73.2 Å². The van der Waals surface area contributed by atoms with Gasteiger partial charge in [-0.15, -0.1) is 0 Å². The molecule has 1 amide bonds. The van der Waals surface area contributed by atoms with Crippen molar-refractivity contribution in [1.82, 2.24) is 15.1 Å². The average molecular weight is 215 g/mol. The van der Waals surface area contributed by atoms with Crippen molar-refractivity contribution in [2.75, 3.05) is 52.4 Å². The van der Waals surface area contributed by atoms with Gasteiger partial charge >= 0.3 is 0 Å². The Morgan fingerprint density at radius 3 is 2.67 bits per heavy atom. The molecule has 1 rings (SSSR count). The number of carbonyl (C=O) groups excluding carboxylic acids is 1. The zero-order valence-corrected chi connectivity index (χ0v) is 9.41. The van der Waals surface area contributed by atoms with Crippen molar-refractivity contribution in [1.29, 1.82) is 0 Å². The van der Waals surface area contributed by atoms with Crippen LogP contribution in [0.3, 0.4) is 0 Å². The summed E-state index contributed by atoms with van der Waals surface area (Å²) in [6.07, 6.45) is 0. The SMILES string of the molecule is CCN(CCO)C(=O)CN1CCNCC1. The minimum absolute atomic E-state index is 0.0428. The van der Waals surface area contributed by atoms with Crippen LogP contribution in [0.4, 0.5) is 0 Å². The number of nitrogens with one attached hydrogen (secondary N) is 1. The largest absolute Gasteiger partial charge is 0.395 e. The van der Waals surface area contributed by atoms with Crippen molar-refractivity contribution < 1.29 is 9.90 Å². The maximum absolute atomic E-state index is 11.8. The summed E-state index contributed by atoms with van der Waals surface area (Å²) in [4.78, 5) is 15.6. The quantitative estimate of drug-likeness (QED) is 0.600. The van der Waals surface area contributed by atoms with Gasteiger partial charge in [-0.1, -0.05) is 0 Å². The predicted octanol–water partition coefficient (Wildman–Crippen LogP) is -1.27. The fraction of sp³-hybridized carbons (Fsp3) is 0.900. The van der Waals surface area contributed by atoms with E-state index in [1.165, 1.54) is 0 Å². The fourth-order valence-electron chi connectivity index (χ4n) is 1.74. The molecule has 0 aromatic heterocycles. The van der Waals surface area contributed by atoms with Crippen LogP contribution in [-0.2, 0) is 4.79 Å². The maximum atomic E-state index is 11.8. The summed E-state index contributed by atoms with van der Waals surface area (Å²) in [5, 5.41) is 12.1. The number of rotatable bonds is 5. The van der Waals surface area contributed by atoms with Gasteiger partial charge in [0.25, 0.3) is 0 Å². The lowest BCUT2D eigenvalue weighted by molar-refractivity contribution is -0.132. The van der Waals surface area contributed by atoms with E-state index in [1.54, 1.807) is 4.90 Å². The molecule has 15 heavy (non-hydrogen) atoms. The molecule has 0 aromatic rings. The van der Waals surface area contributed by atoms with Gasteiger partial charge in [-0.2, -0.15) is 0 Å². The monoisotopic (exact) mass is 215 g/mol. The molecular formula is C10H21N3O2. The molecule has 0 atom stereocenters. The molecule has 88 valence electrons. The van der Waals surface area contributed by atoms with Gasteiger partial charge in [0.1, 0.15) is 0 Å². The number of aliphatic hydroxyl groups is 1. The first-order valence-electron chi connectivity index (χ1n) is 5.59. The average Bonchev–Trinajstić information content (AvgIpc) is 2.27. The third-order valence-electron chi connectivity index (χ3n) is 2.67. The third-order valence-corrected chi connectivity index (χ3v) is 2.67. The van der Waals surface area contributed by atoms with Gasteiger partial charge in [0.15, 0.2) is 0 Å². The minimum atomic E-state index is 0.0428. The Kier molecular flexibility index (Phi) is 5.60. The van der Waals surface area contributed by atoms with Crippen molar-refractivity contribution in [3.05, 3.63) is 0 Å². The summed E-state index contributed by atoms with van der Waals surface area (Å²) < 4.78 is 0. The van der Waals surface area contributed by atoms with E-state index in [4.69, 9.17) is 5.11 Å². The summed E-state index contributed by atoms with van der Waals surface area (Å²) in [5.41, 5.74) is 0. The predicted molar refractivity (Wildman–Crippen MR) is 58.6 cm³/mol. The van der Waals surface area contributed by atoms with Gasteiger partial charge in [-0.3, -0.25) is 9.69 Å². The molecule has 1 heterocycles. The van der Waals surface area contributed by atoms with Crippen LogP contribution in [0, 0.1) is 0 Å². The number of hydrogen-bond donors (Lipinski definition) is 2. The van der Waals surface area contributed by atoms with Crippen LogP contribution in [0.15, 0.2) is 0 Å². The van der Waals surface area contributed by atoms with Crippen LogP contribution in [0.2, 0.25) is 0 Å². The molecule has 5 nitrogen and oxygen atoms in total. The van der Waals surface area contributed by atoms with E-state index in [-0.39, 0.29) is 12.5 Å². The molecule has 1 fully saturated rings. The Morgan fingerprint density at radius 1 is 1.47 bits per heavy atom. The normalized spacial score (nSPS) is 17.7. The lowest BCUT2D eigenvalue weighted by Gasteiger charge is -2.29. The van der Waals surface area contributed by atoms with Gasteiger partial charge in [-0.05, 0) is 6.92 Å². The molecule has 5 heteroatoms. The number of piperazine rings is 1. The number of amides is 1. The van der Waals surface area contributed by atoms with E-state index < -0.39 is 0 Å². The van der Waals surface area contributed by atoms with Crippen molar-refractivity contribution in [3.63, 3.8) is 0 Å². The number of hydrogen-bond acceptors (Lipinski definition) is 4.